The summed E-state index contributed by atoms with van der Waals surface area (Å²) in [5.41, 5.74) is 0.250. The molecule has 1 fully saturated rings. The van der Waals surface area contributed by atoms with E-state index in [9.17, 15) is 14.9 Å². The Labute approximate surface area is 135 Å². The second-order valence-electron chi connectivity index (χ2n) is 6.16. The van der Waals surface area contributed by atoms with Gasteiger partial charge >= 0.3 is 5.69 Å². The lowest BCUT2D eigenvalue weighted by Crippen LogP contribution is -2.43. The average Bonchev–Trinajstić information content (AvgIpc) is 2.48. The summed E-state index contributed by atoms with van der Waals surface area (Å²) >= 11 is 0. The molecule has 2 rings (SSSR count). The highest BCUT2D eigenvalue weighted by molar-refractivity contribution is 5.95. The standard InChI is InChI=1S/C16H23N3O4/c1-11(2)23-15-10-12(4-5-14(15)19(21)22)16(20)17-13-6-8-18(3)9-7-13/h4-5,10-11,13H,6-9H2,1-3H3,(H,17,20). The molecule has 0 spiro atoms. The second kappa shape index (κ2) is 7.41. The zero-order chi connectivity index (χ0) is 17.0. The summed E-state index contributed by atoms with van der Waals surface area (Å²) in [5.74, 6) is -0.0934. The van der Waals surface area contributed by atoms with E-state index in [0.717, 1.165) is 25.9 Å². The van der Waals surface area contributed by atoms with Gasteiger partial charge in [0.15, 0.2) is 5.75 Å². The van der Waals surface area contributed by atoms with Gasteiger partial charge < -0.3 is 15.0 Å². The SMILES string of the molecule is CC(C)Oc1cc(C(=O)NC2CCN(C)CC2)ccc1[N+](=O)[O-]. The third-order valence-electron chi connectivity index (χ3n) is 3.84. The number of nitro benzene ring substituents is 1. The second-order valence-corrected chi connectivity index (χ2v) is 6.16. The molecule has 0 radical (unpaired) electrons. The van der Waals surface area contributed by atoms with Crippen LogP contribution >= 0.6 is 0 Å². The number of rotatable bonds is 5. The van der Waals surface area contributed by atoms with E-state index in [4.69, 9.17) is 4.74 Å². The van der Waals surface area contributed by atoms with Gasteiger partial charge in [-0.05, 0) is 52.9 Å². The summed E-state index contributed by atoms with van der Waals surface area (Å²) < 4.78 is 5.47. The Bertz CT molecular complexity index is 581. The Morgan fingerprint density at radius 1 is 1.39 bits per heavy atom. The number of nitro groups is 1. The summed E-state index contributed by atoms with van der Waals surface area (Å²) in [7, 11) is 2.06. The topological polar surface area (TPSA) is 84.7 Å². The molecule has 23 heavy (non-hydrogen) atoms. The van der Waals surface area contributed by atoms with E-state index in [1.807, 2.05) is 0 Å². The Balaban J connectivity index is 2.12. The van der Waals surface area contributed by atoms with Gasteiger partial charge in [-0.1, -0.05) is 0 Å². The van der Waals surface area contributed by atoms with Crippen LogP contribution in [0.25, 0.3) is 0 Å². The first kappa shape index (κ1) is 17.2. The highest BCUT2D eigenvalue weighted by Crippen LogP contribution is 2.29. The van der Waals surface area contributed by atoms with Crippen molar-refractivity contribution in [3.8, 4) is 5.75 Å². The normalized spacial score (nSPS) is 16.3. The van der Waals surface area contributed by atoms with E-state index in [-0.39, 0.29) is 29.5 Å². The van der Waals surface area contributed by atoms with Crippen molar-refractivity contribution in [3.05, 3.63) is 33.9 Å². The summed E-state index contributed by atoms with van der Waals surface area (Å²) in [6.45, 7) is 5.48. The highest BCUT2D eigenvalue weighted by atomic mass is 16.6. The fourth-order valence-corrected chi connectivity index (χ4v) is 2.58. The average molecular weight is 321 g/mol. The maximum Gasteiger partial charge on any atom is 0.310 e. The smallest absolute Gasteiger partial charge is 0.310 e. The van der Waals surface area contributed by atoms with Crippen LogP contribution in [-0.2, 0) is 0 Å². The Morgan fingerprint density at radius 3 is 2.61 bits per heavy atom. The number of hydrogen-bond donors (Lipinski definition) is 1. The fourth-order valence-electron chi connectivity index (χ4n) is 2.58. The zero-order valence-corrected chi connectivity index (χ0v) is 13.7. The van der Waals surface area contributed by atoms with Gasteiger partial charge in [0, 0.05) is 23.7 Å². The fraction of sp³-hybridized carbons (Fsp3) is 0.562. The van der Waals surface area contributed by atoms with Crippen LogP contribution in [0.3, 0.4) is 0 Å². The Morgan fingerprint density at radius 2 is 2.04 bits per heavy atom. The van der Waals surface area contributed by atoms with Crippen LogP contribution in [0.4, 0.5) is 5.69 Å². The van der Waals surface area contributed by atoms with Crippen LogP contribution in [0.5, 0.6) is 5.75 Å². The molecule has 7 nitrogen and oxygen atoms in total. The first-order valence-electron chi connectivity index (χ1n) is 7.81. The van der Waals surface area contributed by atoms with E-state index in [0.29, 0.717) is 5.56 Å². The number of amides is 1. The largest absolute Gasteiger partial charge is 0.484 e. The number of piperidine rings is 1. The first-order chi connectivity index (χ1) is 10.9. The lowest BCUT2D eigenvalue weighted by atomic mass is 10.0. The van der Waals surface area contributed by atoms with Crippen molar-refractivity contribution in [2.24, 2.45) is 0 Å². The molecule has 1 aromatic carbocycles. The quantitative estimate of drug-likeness (QED) is 0.664. The van der Waals surface area contributed by atoms with Crippen molar-refractivity contribution in [2.75, 3.05) is 20.1 Å². The van der Waals surface area contributed by atoms with E-state index in [1.54, 1.807) is 13.8 Å². The molecular formula is C16H23N3O4. The molecule has 1 saturated heterocycles. The lowest BCUT2D eigenvalue weighted by molar-refractivity contribution is -0.386. The minimum Gasteiger partial charge on any atom is -0.484 e. The minimum absolute atomic E-state index is 0.126. The molecule has 1 aliphatic rings. The van der Waals surface area contributed by atoms with Crippen LogP contribution in [0.1, 0.15) is 37.0 Å². The molecule has 0 saturated carbocycles. The Hall–Kier alpha value is -2.15. The van der Waals surface area contributed by atoms with Crippen molar-refractivity contribution >= 4 is 11.6 Å². The van der Waals surface area contributed by atoms with Gasteiger partial charge in [-0.3, -0.25) is 14.9 Å². The van der Waals surface area contributed by atoms with Crippen LogP contribution in [0, 0.1) is 10.1 Å². The van der Waals surface area contributed by atoms with Crippen molar-refractivity contribution < 1.29 is 14.5 Å². The molecule has 0 bridgehead atoms. The van der Waals surface area contributed by atoms with Crippen molar-refractivity contribution in [1.82, 2.24) is 10.2 Å². The van der Waals surface area contributed by atoms with E-state index in [1.165, 1.54) is 18.2 Å². The monoisotopic (exact) mass is 321 g/mol. The first-order valence-corrected chi connectivity index (χ1v) is 7.81. The number of carbonyl (C=O) groups excluding carboxylic acids is 1. The molecule has 0 unspecified atom stereocenters. The third kappa shape index (κ3) is 4.66. The molecular weight excluding hydrogens is 298 g/mol. The Kier molecular flexibility index (Phi) is 5.54. The van der Waals surface area contributed by atoms with Gasteiger partial charge in [-0.2, -0.15) is 0 Å². The van der Waals surface area contributed by atoms with Gasteiger partial charge in [0.05, 0.1) is 11.0 Å². The number of nitrogens with zero attached hydrogens (tertiary/aromatic N) is 2. The van der Waals surface area contributed by atoms with Crippen molar-refractivity contribution in [3.63, 3.8) is 0 Å². The van der Waals surface area contributed by atoms with Crippen LogP contribution < -0.4 is 10.1 Å². The predicted molar refractivity (Wildman–Crippen MR) is 86.8 cm³/mol. The zero-order valence-electron chi connectivity index (χ0n) is 13.7. The molecule has 0 aromatic heterocycles. The lowest BCUT2D eigenvalue weighted by Gasteiger charge is -2.29. The van der Waals surface area contributed by atoms with E-state index in [2.05, 4.69) is 17.3 Å². The number of likely N-dealkylation sites (tertiary alicyclic amines) is 1. The highest BCUT2D eigenvalue weighted by Gasteiger charge is 2.22. The van der Waals surface area contributed by atoms with Gasteiger partial charge in [0.25, 0.3) is 5.91 Å². The molecule has 1 aliphatic heterocycles. The summed E-state index contributed by atoms with van der Waals surface area (Å²) in [4.78, 5) is 25.1. The van der Waals surface area contributed by atoms with Crippen molar-refractivity contribution in [1.29, 1.82) is 0 Å². The van der Waals surface area contributed by atoms with Gasteiger partial charge in [-0.25, -0.2) is 0 Å². The molecule has 1 aromatic rings. The maximum absolute atomic E-state index is 12.4. The number of hydrogen-bond acceptors (Lipinski definition) is 5. The minimum atomic E-state index is -0.504. The van der Waals surface area contributed by atoms with Gasteiger partial charge in [-0.15, -0.1) is 0 Å². The summed E-state index contributed by atoms with van der Waals surface area (Å²) in [5, 5.41) is 14.0. The summed E-state index contributed by atoms with van der Waals surface area (Å²) in [6.07, 6.45) is 1.61. The number of nitrogens with one attached hydrogen (secondary N) is 1. The van der Waals surface area contributed by atoms with Gasteiger partial charge in [0.2, 0.25) is 0 Å². The predicted octanol–water partition coefficient (Wildman–Crippen LogP) is 2.21. The van der Waals surface area contributed by atoms with Crippen LogP contribution in [0.15, 0.2) is 18.2 Å². The van der Waals surface area contributed by atoms with Gasteiger partial charge in [0.1, 0.15) is 0 Å². The molecule has 1 amide bonds. The molecule has 0 aliphatic carbocycles. The third-order valence-corrected chi connectivity index (χ3v) is 3.84. The molecule has 0 atom stereocenters. The number of carbonyl (C=O) groups is 1. The molecule has 126 valence electrons. The maximum atomic E-state index is 12.4. The van der Waals surface area contributed by atoms with Crippen molar-refractivity contribution in [2.45, 2.75) is 38.8 Å². The van der Waals surface area contributed by atoms with E-state index >= 15 is 0 Å². The number of ether oxygens (including phenoxy) is 1. The van der Waals surface area contributed by atoms with E-state index < -0.39 is 4.92 Å². The summed E-state index contributed by atoms with van der Waals surface area (Å²) in [6, 6.07) is 4.38. The molecule has 1 N–H and O–H groups in total. The van der Waals surface area contributed by atoms with Crippen LogP contribution in [0.2, 0.25) is 0 Å². The molecule has 1 heterocycles. The number of benzene rings is 1. The molecule has 7 heteroatoms. The van der Waals surface area contributed by atoms with Crippen LogP contribution in [-0.4, -0.2) is 48.0 Å².